The van der Waals surface area contributed by atoms with Crippen LogP contribution in [0.15, 0.2) is 72.9 Å². The van der Waals surface area contributed by atoms with Gasteiger partial charge in [0.1, 0.15) is 0 Å². The first-order chi connectivity index (χ1) is 21.6. The van der Waals surface area contributed by atoms with E-state index in [2.05, 4.69) is 74.6 Å². The maximum Gasteiger partial charge on any atom is 0.345 e. The number of hydrogen-bond donors (Lipinski definition) is 1. The molecule has 0 radical (unpaired) electrons. The maximum absolute atomic E-state index is 12.1. The van der Waals surface area contributed by atoms with Crippen LogP contribution in [0.3, 0.4) is 0 Å². The molecule has 0 heterocycles. The van der Waals surface area contributed by atoms with Crippen LogP contribution in [0.1, 0.15) is 162 Å². The Hall–Kier alpha value is -2.62. The molecule has 0 saturated carbocycles. The van der Waals surface area contributed by atoms with E-state index < -0.39 is 18.0 Å². The fraction of sp³-hybridized carbons (Fsp3) is 0.650. The highest BCUT2D eigenvalue weighted by Crippen LogP contribution is 2.15. The molecule has 0 amide bonds. The molecule has 1 N–H and O–H groups in total. The lowest BCUT2D eigenvalue weighted by Crippen LogP contribution is -2.26. The average molecular weight is 611 g/mol. The summed E-state index contributed by atoms with van der Waals surface area (Å²) in [5.41, 5.74) is 0. The molecule has 0 rings (SSSR count). The van der Waals surface area contributed by atoms with Crippen LogP contribution in [0.4, 0.5) is 0 Å². The largest absolute Gasteiger partial charge is 0.479 e. The Morgan fingerprint density at radius 3 is 1.27 bits per heavy atom. The number of carbonyl (C=O) groups is 2. The zero-order valence-corrected chi connectivity index (χ0v) is 28.4. The van der Waals surface area contributed by atoms with Gasteiger partial charge in [0.15, 0.2) is 6.10 Å². The number of ether oxygens (including phenoxy) is 1. The number of allylic oxidation sites excluding steroid dienone is 12. The van der Waals surface area contributed by atoms with Crippen molar-refractivity contribution in [3.63, 3.8) is 0 Å². The van der Waals surface area contributed by atoms with Gasteiger partial charge in [0.05, 0.1) is 0 Å². The Morgan fingerprint density at radius 1 is 0.523 bits per heavy atom. The van der Waals surface area contributed by atoms with Crippen molar-refractivity contribution < 1.29 is 19.4 Å². The lowest BCUT2D eigenvalue weighted by Gasteiger charge is -2.13. The first kappa shape index (κ1) is 41.4. The van der Waals surface area contributed by atoms with Crippen LogP contribution in [0, 0.1) is 0 Å². The van der Waals surface area contributed by atoms with Crippen LogP contribution in [0.5, 0.6) is 0 Å². The maximum atomic E-state index is 12.1. The quantitative estimate of drug-likeness (QED) is 0.0482. The van der Waals surface area contributed by atoms with Crippen molar-refractivity contribution >= 4 is 11.9 Å². The molecule has 0 aromatic carbocycles. The van der Waals surface area contributed by atoms with Gasteiger partial charge >= 0.3 is 11.9 Å². The number of unbranched alkanes of at least 4 members (excludes halogenated alkanes) is 13. The van der Waals surface area contributed by atoms with Crippen molar-refractivity contribution in [1.29, 1.82) is 0 Å². The lowest BCUT2D eigenvalue weighted by molar-refractivity contribution is -0.164. The zero-order chi connectivity index (χ0) is 32.2. The van der Waals surface area contributed by atoms with Gasteiger partial charge in [-0.05, 0) is 57.8 Å². The normalized spacial score (nSPS) is 13.1. The fourth-order valence-corrected chi connectivity index (χ4v) is 4.82. The van der Waals surface area contributed by atoms with Gasteiger partial charge in [0.2, 0.25) is 0 Å². The zero-order valence-electron chi connectivity index (χ0n) is 28.4. The number of rotatable bonds is 31. The van der Waals surface area contributed by atoms with Crippen LogP contribution >= 0.6 is 0 Å². The second kappa shape index (κ2) is 34.9. The van der Waals surface area contributed by atoms with Gasteiger partial charge in [0, 0.05) is 6.42 Å². The highest BCUT2D eigenvalue weighted by molar-refractivity contribution is 5.78. The topological polar surface area (TPSA) is 63.6 Å². The molecule has 4 heteroatoms. The fourth-order valence-electron chi connectivity index (χ4n) is 4.82. The third-order valence-electron chi connectivity index (χ3n) is 7.48. The molecule has 250 valence electrons. The molecule has 1 atom stereocenters. The Bertz CT molecular complexity index is 830. The summed E-state index contributed by atoms with van der Waals surface area (Å²) in [5.74, 6) is -1.47. The van der Waals surface area contributed by atoms with E-state index in [9.17, 15) is 14.7 Å². The van der Waals surface area contributed by atoms with E-state index in [4.69, 9.17) is 4.74 Å². The molecule has 0 aromatic rings. The molecule has 0 aliphatic rings. The first-order valence-corrected chi connectivity index (χ1v) is 17.9. The van der Waals surface area contributed by atoms with Gasteiger partial charge < -0.3 is 9.84 Å². The molecule has 0 spiro atoms. The molecule has 0 bridgehead atoms. The van der Waals surface area contributed by atoms with Crippen molar-refractivity contribution in [3.05, 3.63) is 72.9 Å². The van der Waals surface area contributed by atoms with E-state index in [0.29, 0.717) is 12.8 Å². The number of hydrogen-bond acceptors (Lipinski definition) is 3. The molecule has 44 heavy (non-hydrogen) atoms. The van der Waals surface area contributed by atoms with E-state index in [1.165, 1.54) is 70.6 Å². The number of aliphatic carboxylic acids is 1. The lowest BCUT2D eigenvalue weighted by atomic mass is 10.0. The van der Waals surface area contributed by atoms with Gasteiger partial charge in [-0.3, -0.25) is 4.79 Å². The second-order valence-corrected chi connectivity index (χ2v) is 11.7. The number of carboxylic acid groups (broad SMARTS) is 1. The minimum absolute atomic E-state index is 0.213. The van der Waals surface area contributed by atoms with Crippen LogP contribution < -0.4 is 0 Å². The number of carboxylic acids is 1. The molecule has 1 unspecified atom stereocenters. The highest BCUT2D eigenvalue weighted by Gasteiger charge is 2.21. The van der Waals surface area contributed by atoms with Gasteiger partial charge in [-0.2, -0.15) is 0 Å². The van der Waals surface area contributed by atoms with Crippen LogP contribution in [0.25, 0.3) is 0 Å². The third-order valence-corrected chi connectivity index (χ3v) is 7.48. The van der Waals surface area contributed by atoms with Gasteiger partial charge in [-0.1, -0.05) is 170 Å². The molecular formula is C40H66O4. The Kier molecular flexibility index (Phi) is 32.8. The molecule has 0 aromatic heterocycles. The summed E-state index contributed by atoms with van der Waals surface area (Å²) in [4.78, 5) is 23.7. The minimum atomic E-state index is -1.04. The molecular weight excluding hydrogens is 544 g/mol. The van der Waals surface area contributed by atoms with E-state index in [-0.39, 0.29) is 6.42 Å². The molecule has 0 aliphatic carbocycles. The van der Waals surface area contributed by atoms with Crippen molar-refractivity contribution in [2.45, 2.75) is 168 Å². The van der Waals surface area contributed by atoms with Gasteiger partial charge in [-0.15, -0.1) is 0 Å². The molecule has 4 nitrogen and oxygen atoms in total. The van der Waals surface area contributed by atoms with Crippen molar-refractivity contribution in [2.24, 2.45) is 0 Å². The van der Waals surface area contributed by atoms with Crippen LogP contribution in [-0.4, -0.2) is 23.1 Å². The van der Waals surface area contributed by atoms with Gasteiger partial charge in [-0.25, -0.2) is 4.79 Å². The molecule has 0 saturated heterocycles. The van der Waals surface area contributed by atoms with E-state index in [1.807, 2.05) is 12.2 Å². The van der Waals surface area contributed by atoms with Crippen molar-refractivity contribution in [2.75, 3.05) is 0 Å². The Balaban J connectivity index is 3.76. The minimum Gasteiger partial charge on any atom is -0.479 e. The monoisotopic (exact) mass is 610 g/mol. The Morgan fingerprint density at radius 2 is 0.886 bits per heavy atom. The first-order valence-electron chi connectivity index (χ1n) is 17.9. The van der Waals surface area contributed by atoms with Gasteiger partial charge in [0.25, 0.3) is 0 Å². The van der Waals surface area contributed by atoms with Crippen LogP contribution in [-0.2, 0) is 14.3 Å². The van der Waals surface area contributed by atoms with E-state index in [1.54, 1.807) is 0 Å². The Labute approximate surface area is 271 Å². The summed E-state index contributed by atoms with van der Waals surface area (Å²) in [6.07, 6.45) is 49.3. The average Bonchev–Trinajstić information content (AvgIpc) is 3.01. The third kappa shape index (κ3) is 32.3. The SMILES string of the molecule is CC/C=C\C/C=C\C/C=C\C/C=C\C/C=C\C/C=C\CCC(=O)OC(CCCCCCCCCCCCCCCC)C(=O)O. The van der Waals surface area contributed by atoms with Crippen molar-refractivity contribution in [1.82, 2.24) is 0 Å². The summed E-state index contributed by atoms with van der Waals surface area (Å²) in [6, 6.07) is 0. The molecule has 0 fully saturated rings. The number of esters is 1. The van der Waals surface area contributed by atoms with Crippen molar-refractivity contribution in [3.8, 4) is 0 Å². The predicted octanol–water partition coefficient (Wildman–Crippen LogP) is 12.3. The summed E-state index contributed by atoms with van der Waals surface area (Å²) in [6.45, 7) is 4.41. The predicted molar refractivity (Wildman–Crippen MR) is 190 cm³/mol. The molecule has 0 aliphatic heterocycles. The standard InChI is InChI=1S/C40H66O4/c1-3-5-7-9-11-13-15-17-19-20-21-22-23-25-27-29-31-33-35-37-39(41)44-38(40(42)43)36-34-32-30-28-26-24-18-16-14-12-10-8-6-4-2/h5,7,11,13,17,19,21-22,25,27,31,33,38H,3-4,6,8-10,12,14-16,18,20,23-24,26,28-30,32,34-37H2,1-2H3,(H,42,43)/b7-5-,13-11-,19-17-,22-21-,27-25-,33-31-. The second-order valence-electron chi connectivity index (χ2n) is 11.7. The summed E-state index contributed by atoms with van der Waals surface area (Å²) in [7, 11) is 0. The smallest absolute Gasteiger partial charge is 0.345 e. The number of carbonyl (C=O) groups excluding carboxylic acids is 1. The summed E-state index contributed by atoms with van der Waals surface area (Å²) < 4.78 is 5.26. The summed E-state index contributed by atoms with van der Waals surface area (Å²) in [5, 5.41) is 9.45. The van der Waals surface area contributed by atoms with E-state index >= 15 is 0 Å². The highest BCUT2D eigenvalue weighted by atomic mass is 16.6. The summed E-state index contributed by atoms with van der Waals surface area (Å²) >= 11 is 0. The van der Waals surface area contributed by atoms with E-state index in [0.717, 1.165) is 57.8 Å². The van der Waals surface area contributed by atoms with Crippen LogP contribution in [0.2, 0.25) is 0 Å².